The fraction of sp³-hybridized carbons (Fsp3) is 0.417. The SMILES string of the molecule is CC(C)CCNc1ccc(F)cc1C#N. The van der Waals surface area contributed by atoms with E-state index in [4.69, 9.17) is 5.26 Å². The second-order valence-electron chi connectivity index (χ2n) is 3.91. The van der Waals surface area contributed by atoms with Crippen molar-refractivity contribution in [2.45, 2.75) is 20.3 Å². The van der Waals surface area contributed by atoms with Crippen molar-refractivity contribution in [1.29, 1.82) is 5.26 Å². The molecular formula is C12H15FN2. The van der Waals surface area contributed by atoms with Crippen LogP contribution in [0.1, 0.15) is 25.8 Å². The first-order valence-electron chi connectivity index (χ1n) is 5.07. The monoisotopic (exact) mass is 206 g/mol. The van der Waals surface area contributed by atoms with Gasteiger partial charge in [-0.1, -0.05) is 13.8 Å². The van der Waals surface area contributed by atoms with Crippen LogP contribution in [0.3, 0.4) is 0 Å². The molecule has 0 aliphatic rings. The second kappa shape index (κ2) is 5.35. The van der Waals surface area contributed by atoms with E-state index >= 15 is 0 Å². The van der Waals surface area contributed by atoms with Gasteiger partial charge in [0.05, 0.1) is 11.3 Å². The average Bonchev–Trinajstić information content (AvgIpc) is 2.19. The largest absolute Gasteiger partial charge is 0.384 e. The summed E-state index contributed by atoms with van der Waals surface area (Å²) in [6.07, 6.45) is 1.03. The van der Waals surface area contributed by atoms with Gasteiger partial charge < -0.3 is 5.32 Å². The van der Waals surface area contributed by atoms with Crippen LogP contribution >= 0.6 is 0 Å². The molecule has 0 saturated heterocycles. The third-order valence-electron chi connectivity index (χ3n) is 2.14. The Kier molecular flexibility index (Phi) is 4.11. The molecule has 80 valence electrons. The van der Waals surface area contributed by atoms with Gasteiger partial charge in [0, 0.05) is 6.54 Å². The van der Waals surface area contributed by atoms with Gasteiger partial charge in [-0.15, -0.1) is 0 Å². The Morgan fingerprint density at radius 3 is 2.80 bits per heavy atom. The van der Waals surface area contributed by atoms with Gasteiger partial charge in [-0.25, -0.2) is 4.39 Å². The van der Waals surface area contributed by atoms with E-state index in [-0.39, 0.29) is 5.82 Å². The van der Waals surface area contributed by atoms with Gasteiger partial charge in [-0.3, -0.25) is 0 Å². The smallest absolute Gasteiger partial charge is 0.124 e. The fourth-order valence-electron chi connectivity index (χ4n) is 1.26. The van der Waals surface area contributed by atoms with E-state index in [1.807, 2.05) is 6.07 Å². The number of hydrogen-bond donors (Lipinski definition) is 1. The molecule has 0 aliphatic heterocycles. The van der Waals surface area contributed by atoms with Crippen LogP contribution in [-0.2, 0) is 0 Å². The Hall–Kier alpha value is -1.56. The summed E-state index contributed by atoms with van der Waals surface area (Å²) in [5, 5.41) is 11.9. The van der Waals surface area contributed by atoms with Crippen molar-refractivity contribution >= 4 is 5.69 Å². The summed E-state index contributed by atoms with van der Waals surface area (Å²) in [4.78, 5) is 0. The number of nitrogens with zero attached hydrogens (tertiary/aromatic N) is 1. The van der Waals surface area contributed by atoms with Crippen LogP contribution in [0.15, 0.2) is 18.2 Å². The molecule has 2 nitrogen and oxygen atoms in total. The number of nitriles is 1. The van der Waals surface area contributed by atoms with E-state index in [9.17, 15) is 4.39 Å². The molecule has 1 N–H and O–H groups in total. The van der Waals surface area contributed by atoms with Crippen LogP contribution in [0.2, 0.25) is 0 Å². The highest BCUT2D eigenvalue weighted by molar-refractivity contribution is 5.57. The Morgan fingerprint density at radius 2 is 2.20 bits per heavy atom. The minimum absolute atomic E-state index is 0.360. The molecule has 1 aromatic rings. The van der Waals surface area contributed by atoms with E-state index < -0.39 is 0 Å². The summed E-state index contributed by atoms with van der Waals surface area (Å²) < 4.78 is 12.8. The van der Waals surface area contributed by atoms with Crippen molar-refractivity contribution in [3.05, 3.63) is 29.6 Å². The van der Waals surface area contributed by atoms with Gasteiger partial charge in [0.25, 0.3) is 0 Å². The highest BCUT2D eigenvalue weighted by atomic mass is 19.1. The molecule has 0 atom stereocenters. The lowest BCUT2D eigenvalue weighted by atomic mass is 10.1. The zero-order chi connectivity index (χ0) is 11.3. The molecule has 0 bridgehead atoms. The molecular weight excluding hydrogens is 191 g/mol. The van der Waals surface area contributed by atoms with Gasteiger partial charge in [0.2, 0.25) is 0 Å². The van der Waals surface area contributed by atoms with E-state index in [0.717, 1.165) is 13.0 Å². The van der Waals surface area contributed by atoms with Crippen LogP contribution in [0, 0.1) is 23.1 Å². The number of anilines is 1. The number of rotatable bonds is 4. The van der Waals surface area contributed by atoms with Crippen molar-refractivity contribution in [1.82, 2.24) is 0 Å². The maximum Gasteiger partial charge on any atom is 0.124 e. The zero-order valence-electron chi connectivity index (χ0n) is 9.05. The van der Waals surface area contributed by atoms with Crippen LogP contribution in [0.25, 0.3) is 0 Å². The van der Waals surface area contributed by atoms with Crippen molar-refractivity contribution in [2.24, 2.45) is 5.92 Å². The molecule has 0 saturated carbocycles. The Morgan fingerprint density at radius 1 is 1.47 bits per heavy atom. The fourth-order valence-corrected chi connectivity index (χ4v) is 1.26. The third-order valence-corrected chi connectivity index (χ3v) is 2.14. The van der Waals surface area contributed by atoms with Crippen molar-refractivity contribution in [3.8, 4) is 6.07 Å². The molecule has 3 heteroatoms. The van der Waals surface area contributed by atoms with Gasteiger partial charge in [0.1, 0.15) is 11.9 Å². The van der Waals surface area contributed by atoms with Gasteiger partial charge in [-0.05, 0) is 30.5 Å². The summed E-state index contributed by atoms with van der Waals surface area (Å²) in [5.74, 6) is 0.240. The van der Waals surface area contributed by atoms with Crippen LogP contribution < -0.4 is 5.32 Å². The van der Waals surface area contributed by atoms with Gasteiger partial charge in [-0.2, -0.15) is 5.26 Å². The molecule has 0 unspecified atom stereocenters. The Labute approximate surface area is 89.7 Å². The number of nitrogens with one attached hydrogen (secondary N) is 1. The van der Waals surface area contributed by atoms with Gasteiger partial charge >= 0.3 is 0 Å². The number of halogens is 1. The molecule has 0 amide bonds. The van der Waals surface area contributed by atoms with Crippen molar-refractivity contribution in [3.63, 3.8) is 0 Å². The molecule has 15 heavy (non-hydrogen) atoms. The van der Waals surface area contributed by atoms with Crippen molar-refractivity contribution < 1.29 is 4.39 Å². The minimum Gasteiger partial charge on any atom is -0.384 e. The molecule has 0 spiro atoms. The normalized spacial score (nSPS) is 10.1. The maximum absolute atomic E-state index is 12.8. The summed E-state index contributed by atoms with van der Waals surface area (Å²) >= 11 is 0. The molecule has 1 aromatic carbocycles. The molecule has 0 radical (unpaired) electrons. The lowest BCUT2D eigenvalue weighted by Gasteiger charge is -2.09. The third kappa shape index (κ3) is 3.59. The second-order valence-corrected chi connectivity index (χ2v) is 3.91. The van der Waals surface area contributed by atoms with E-state index in [1.165, 1.54) is 12.1 Å². The molecule has 0 aliphatic carbocycles. The molecule has 0 aromatic heterocycles. The first-order valence-corrected chi connectivity index (χ1v) is 5.07. The minimum atomic E-state index is -0.374. The molecule has 0 fully saturated rings. The summed E-state index contributed by atoms with van der Waals surface area (Å²) in [6.45, 7) is 5.08. The number of benzene rings is 1. The van der Waals surface area contributed by atoms with Crippen molar-refractivity contribution in [2.75, 3.05) is 11.9 Å². The first kappa shape index (κ1) is 11.5. The lowest BCUT2D eigenvalue weighted by Crippen LogP contribution is -2.06. The lowest BCUT2D eigenvalue weighted by molar-refractivity contribution is 0.606. The summed E-state index contributed by atoms with van der Waals surface area (Å²) in [7, 11) is 0. The van der Waals surface area contributed by atoms with E-state index in [0.29, 0.717) is 17.2 Å². The van der Waals surface area contributed by atoms with Crippen LogP contribution in [0.5, 0.6) is 0 Å². The predicted octanol–water partition coefficient (Wildman–Crippen LogP) is 3.16. The van der Waals surface area contributed by atoms with Crippen LogP contribution in [-0.4, -0.2) is 6.54 Å². The van der Waals surface area contributed by atoms with E-state index in [1.54, 1.807) is 6.07 Å². The molecule has 1 rings (SSSR count). The summed E-state index contributed by atoms with van der Waals surface area (Å²) in [6, 6.07) is 6.18. The van der Waals surface area contributed by atoms with Gasteiger partial charge in [0.15, 0.2) is 0 Å². The first-order chi connectivity index (χ1) is 7.13. The summed E-state index contributed by atoms with van der Waals surface area (Å²) in [5.41, 5.74) is 1.07. The Bertz CT molecular complexity index is 366. The molecule has 0 heterocycles. The zero-order valence-corrected chi connectivity index (χ0v) is 9.05. The maximum atomic E-state index is 12.8. The standard InChI is InChI=1S/C12H15FN2/c1-9(2)5-6-15-12-4-3-11(13)7-10(12)8-14/h3-4,7,9,15H,5-6H2,1-2H3. The quantitative estimate of drug-likeness (QED) is 0.821. The average molecular weight is 206 g/mol. The topological polar surface area (TPSA) is 35.8 Å². The van der Waals surface area contributed by atoms with Crippen LogP contribution in [0.4, 0.5) is 10.1 Å². The highest BCUT2D eigenvalue weighted by Crippen LogP contribution is 2.16. The Balaban J connectivity index is 2.65. The highest BCUT2D eigenvalue weighted by Gasteiger charge is 2.03. The predicted molar refractivity (Wildman–Crippen MR) is 59.1 cm³/mol. The number of hydrogen-bond acceptors (Lipinski definition) is 2. The van der Waals surface area contributed by atoms with E-state index in [2.05, 4.69) is 19.2 Å².